The molecular weight excluding hydrogens is 545 g/mol. The van der Waals surface area contributed by atoms with Crippen molar-refractivity contribution < 1.29 is 40.0 Å². The van der Waals surface area contributed by atoms with Crippen molar-refractivity contribution in [1.82, 2.24) is 9.29 Å². The van der Waals surface area contributed by atoms with E-state index in [4.69, 9.17) is 5.73 Å². The highest BCUT2D eigenvalue weighted by Crippen LogP contribution is 2.28. The molecule has 0 spiro atoms. The topological polar surface area (TPSA) is 113 Å². The number of aromatic amines is 1. The molecule has 1 heterocycles. The number of nitrogens with zero attached hydrogens (tertiary/aromatic N) is 1. The molecule has 204 valence electrons. The standard InChI is InChI=1S/C26H20F5N3O4S/c27-21-18(22(28)24(30)25(31)23(21)29)13-34(39(37,38)16-10-8-14(9-11-16)26(32)36)20(35)7-3-4-15-12-33-19-6-2-1-5-17(15)19/h1-2,5-6,8-12,33H,3-4,7,13H2,(H2,32,36). The second-order valence-corrected chi connectivity index (χ2v) is 10.4. The van der Waals surface area contributed by atoms with Crippen LogP contribution in [0.1, 0.15) is 34.3 Å². The van der Waals surface area contributed by atoms with Crippen LogP contribution in [0.25, 0.3) is 10.9 Å². The zero-order chi connectivity index (χ0) is 28.5. The average molecular weight is 566 g/mol. The van der Waals surface area contributed by atoms with Crippen LogP contribution in [0.3, 0.4) is 0 Å². The number of halogens is 5. The number of primary amides is 1. The van der Waals surface area contributed by atoms with Crippen LogP contribution in [0.15, 0.2) is 59.6 Å². The van der Waals surface area contributed by atoms with Crippen LogP contribution in [0.2, 0.25) is 0 Å². The highest BCUT2D eigenvalue weighted by Gasteiger charge is 2.34. The lowest BCUT2D eigenvalue weighted by Gasteiger charge is -2.23. The Balaban J connectivity index is 1.67. The fraction of sp³-hybridized carbons (Fsp3) is 0.154. The van der Waals surface area contributed by atoms with Crippen molar-refractivity contribution in [2.45, 2.75) is 30.7 Å². The molecule has 0 aliphatic heterocycles. The molecule has 0 atom stereocenters. The van der Waals surface area contributed by atoms with Crippen molar-refractivity contribution in [2.24, 2.45) is 5.73 Å². The first-order valence-electron chi connectivity index (χ1n) is 11.4. The van der Waals surface area contributed by atoms with E-state index in [1.165, 1.54) is 0 Å². The quantitative estimate of drug-likeness (QED) is 0.174. The summed E-state index contributed by atoms with van der Waals surface area (Å²) < 4.78 is 96.8. The van der Waals surface area contributed by atoms with Crippen LogP contribution in [-0.4, -0.2) is 29.5 Å². The Kier molecular flexibility index (Phi) is 7.72. The summed E-state index contributed by atoms with van der Waals surface area (Å²) in [5.41, 5.74) is 5.26. The first-order chi connectivity index (χ1) is 18.4. The third kappa shape index (κ3) is 5.35. The van der Waals surface area contributed by atoms with Gasteiger partial charge in [-0.25, -0.2) is 34.7 Å². The van der Waals surface area contributed by atoms with Crippen LogP contribution in [0, 0.1) is 29.1 Å². The average Bonchev–Trinajstić information content (AvgIpc) is 3.33. The minimum atomic E-state index is -4.88. The van der Waals surface area contributed by atoms with Gasteiger partial charge in [0.05, 0.1) is 17.0 Å². The molecule has 0 aliphatic rings. The summed E-state index contributed by atoms with van der Waals surface area (Å²) in [6.07, 6.45) is 1.70. The molecule has 13 heteroatoms. The van der Waals surface area contributed by atoms with Crippen molar-refractivity contribution in [3.05, 3.63) is 101 Å². The number of amides is 2. The predicted molar refractivity (Wildman–Crippen MR) is 130 cm³/mol. The van der Waals surface area contributed by atoms with Gasteiger partial charge in [-0.05, 0) is 48.7 Å². The van der Waals surface area contributed by atoms with E-state index in [1.54, 1.807) is 6.20 Å². The number of fused-ring (bicyclic) bond motifs is 1. The van der Waals surface area contributed by atoms with E-state index in [2.05, 4.69) is 4.98 Å². The molecule has 4 rings (SSSR count). The van der Waals surface area contributed by atoms with Crippen molar-refractivity contribution in [2.75, 3.05) is 0 Å². The molecule has 4 aromatic rings. The lowest BCUT2D eigenvalue weighted by atomic mass is 10.1. The molecule has 3 aromatic carbocycles. The number of aryl methyl sites for hydroxylation is 1. The number of nitrogens with two attached hydrogens (primary N) is 1. The second-order valence-electron chi connectivity index (χ2n) is 8.56. The van der Waals surface area contributed by atoms with Gasteiger partial charge in [0.15, 0.2) is 23.3 Å². The van der Waals surface area contributed by atoms with Gasteiger partial charge in [0.25, 0.3) is 10.0 Å². The van der Waals surface area contributed by atoms with Crippen LogP contribution >= 0.6 is 0 Å². The smallest absolute Gasteiger partial charge is 0.266 e. The first kappa shape index (κ1) is 27.8. The largest absolute Gasteiger partial charge is 0.366 e. The fourth-order valence-corrected chi connectivity index (χ4v) is 5.44. The maximum Gasteiger partial charge on any atom is 0.266 e. The molecular formula is C26H20F5N3O4S. The number of rotatable bonds is 9. The number of nitrogens with one attached hydrogen (secondary N) is 1. The SMILES string of the molecule is NC(=O)c1ccc(S(=O)(=O)N(Cc2c(F)c(F)c(F)c(F)c2F)C(=O)CCCc2c[nH]c3ccccc23)cc1. The molecule has 0 radical (unpaired) electrons. The van der Waals surface area contributed by atoms with Crippen molar-refractivity contribution in [3.8, 4) is 0 Å². The number of para-hydroxylation sites is 1. The minimum Gasteiger partial charge on any atom is -0.366 e. The van der Waals surface area contributed by atoms with Gasteiger partial charge >= 0.3 is 0 Å². The second kappa shape index (κ2) is 10.8. The predicted octanol–water partition coefficient (Wildman–Crippen LogP) is 4.70. The van der Waals surface area contributed by atoms with E-state index < -0.39 is 74.3 Å². The van der Waals surface area contributed by atoms with Crippen molar-refractivity contribution in [1.29, 1.82) is 0 Å². The first-order valence-corrected chi connectivity index (χ1v) is 12.9. The van der Waals surface area contributed by atoms with Gasteiger partial charge in [0, 0.05) is 29.1 Å². The zero-order valence-electron chi connectivity index (χ0n) is 20.0. The monoisotopic (exact) mass is 565 g/mol. The Bertz CT molecular complexity index is 1660. The summed E-state index contributed by atoms with van der Waals surface area (Å²) in [4.78, 5) is 27.0. The summed E-state index contributed by atoms with van der Waals surface area (Å²) in [6, 6.07) is 11.3. The Hall–Kier alpha value is -4.26. The summed E-state index contributed by atoms with van der Waals surface area (Å²) in [7, 11) is -4.88. The number of hydrogen-bond acceptors (Lipinski definition) is 4. The highest BCUT2D eigenvalue weighted by atomic mass is 32.2. The third-order valence-corrected chi connectivity index (χ3v) is 7.90. The minimum absolute atomic E-state index is 0.0553. The maximum atomic E-state index is 14.4. The number of carbonyl (C=O) groups excluding carboxylic acids is 2. The number of carbonyl (C=O) groups is 2. The summed E-state index contributed by atoms with van der Waals surface area (Å²) >= 11 is 0. The van der Waals surface area contributed by atoms with Crippen molar-refractivity contribution in [3.63, 3.8) is 0 Å². The van der Waals surface area contributed by atoms with Crippen molar-refractivity contribution >= 4 is 32.7 Å². The lowest BCUT2D eigenvalue weighted by molar-refractivity contribution is -0.127. The van der Waals surface area contributed by atoms with Gasteiger partial charge in [0.2, 0.25) is 17.6 Å². The summed E-state index contributed by atoms with van der Waals surface area (Å²) in [5, 5.41) is 0.880. The zero-order valence-corrected chi connectivity index (χ0v) is 20.8. The van der Waals surface area contributed by atoms with Crippen LogP contribution in [0.5, 0.6) is 0 Å². The van der Waals surface area contributed by atoms with Crippen LogP contribution in [-0.2, 0) is 27.8 Å². The molecule has 0 fully saturated rings. The number of hydrogen-bond donors (Lipinski definition) is 2. The lowest BCUT2D eigenvalue weighted by Crippen LogP contribution is -2.37. The number of H-pyrrole nitrogens is 1. The van der Waals surface area contributed by atoms with E-state index in [0.29, 0.717) is 6.42 Å². The molecule has 0 saturated carbocycles. The van der Waals surface area contributed by atoms with Crippen LogP contribution in [0.4, 0.5) is 22.0 Å². The number of sulfonamides is 1. The molecule has 2 amide bonds. The van der Waals surface area contributed by atoms with Gasteiger partial charge in [-0.2, -0.15) is 0 Å². The molecule has 0 saturated heterocycles. The summed E-state index contributed by atoms with van der Waals surface area (Å²) in [6.45, 7) is -1.46. The molecule has 0 aliphatic carbocycles. The normalized spacial score (nSPS) is 11.6. The summed E-state index contributed by atoms with van der Waals surface area (Å²) in [5.74, 6) is -13.5. The van der Waals surface area contributed by atoms with Crippen LogP contribution < -0.4 is 5.73 Å². The Morgan fingerprint density at radius 3 is 2.05 bits per heavy atom. The Morgan fingerprint density at radius 2 is 1.44 bits per heavy atom. The molecule has 39 heavy (non-hydrogen) atoms. The van der Waals surface area contributed by atoms with Gasteiger partial charge < -0.3 is 10.7 Å². The molecule has 0 bridgehead atoms. The fourth-order valence-electron chi connectivity index (χ4n) is 4.05. The van der Waals surface area contributed by atoms with Gasteiger partial charge in [-0.15, -0.1) is 0 Å². The van der Waals surface area contributed by atoms with E-state index in [1.807, 2.05) is 24.3 Å². The van der Waals surface area contributed by atoms with E-state index in [0.717, 1.165) is 40.7 Å². The molecule has 1 aromatic heterocycles. The van der Waals surface area contributed by atoms with E-state index >= 15 is 0 Å². The van der Waals surface area contributed by atoms with Gasteiger partial charge in [0.1, 0.15) is 0 Å². The Morgan fingerprint density at radius 1 is 0.846 bits per heavy atom. The highest BCUT2D eigenvalue weighted by molar-refractivity contribution is 7.89. The van der Waals surface area contributed by atoms with Gasteiger partial charge in [-0.1, -0.05) is 18.2 Å². The molecule has 0 unspecified atom stereocenters. The molecule has 7 nitrogen and oxygen atoms in total. The number of aromatic nitrogens is 1. The maximum absolute atomic E-state index is 14.4. The van der Waals surface area contributed by atoms with Gasteiger partial charge in [-0.3, -0.25) is 9.59 Å². The number of benzene rings is 3. The van der Waals surface area contributed by atoms with E-state index in [-0.39, 0.29) is 16.3 Å². The Labute approximate surface area is 219 Å². The van der Waals surface area contributed by atoms with E-state index in [9.17, 15) is 40.0 Å². The molecule has 3 N–H and O–H groups in total. The third-order valence-electron chi connectivity index (χ3n) is 6.12.